The number of ether oxygens (including phenoxy) is 1. The van der Waals surface area contributed by atoms with Gasteiger partial charge in [-0.25, -0.2) is 0 Å². The summed E-state index contributed by atoms with van der Waals surface area (Å²) in [4.78, 5) is 0. The van der Waals surface area contributed by atoms with Crippen LogP contribution in [0.1, 0.15) is 12.0 Å². The summed E-state index contributed by atoms with van der Waals surface area (Å²) < 4.78 is 5.25. The highest BCUT2D eigenvalue weighted by molar-refractivity contribution is 5.14. The minimum absolute atomic E-state index is 0.337. The van der Waals surface area contributed by atoms with Gasteiger partial charge in [-0.2, -0.15) is 0 Å². The highest BCUT2D eigenvalue weighted by atomic mass is 16.5. The second-order valence-electron chi connectivity index (χ2n) is 3.23. The molecule has 1 aromatic carbocycles. The van der Waals surface area contributed by atoms with Crippen molar-refractivity contribution in [2.75, 3.05) is 6.61 Å². The Hall–Kier alpha value is -0.860. The molecule has 2 rings (SSSR count). The molecule has 0 aromatic heterocycles. The molecule has 0 saturated carbocycles. The van der Waals surface area contributed by atoms with Gasteiger partial charge in [-0.3, -0.25) is 0 Å². The van der Waals surface area contributed by atoms with Crippen molar-refractivity contribution in [3.8, 4) is 0 Å². The normalized spacial score (nSPS) is 21.1. The van der Waals surface area contributed by atoms with Crippen LogP contribution >= 0.6 is 0 Å². The number of nitrogens with one attached hydrogen (secondary N) is 1. The van der Waals surface area contributed by atoms with E-state index in [1.54, 1.807) is 0 Å². The molecule has 1 saturated heterocycles. The Balaban J connectivity index is 1.67. The maximum atomic E-state index is 5.25. The van der Waals surface area contributed by atoms with Crippen molar-refractivity contribution in [3.05, 3.63) is 42.4 Å². The molecular formula is C11H14NO. The zero-order chi connectivity index (χ0) is 8.93. The Kier molecular flexibility index (Phi) is 2.95. The molecular weight excluding hydrogens is 162 g/mol. The lowest BCUT2D eigenvalue weighted by atomic mass is 10.2. The minimum Gasteiger partial charge on any atom is -0.376 e. The highest BCUT2D eigenvalue weighted by Gasteiger charge is 2.17. The largest absolute Gasteiger partial charge is 0.376 e. The molecule has 1 radical (unpaired) electrons. The number of hydrogen-bond acceptors (Lipinski definition) is 2. The summed E-state index contributed by atoms with van der Waals surface area (Å²) in [6.07, 6.45) is 1.49. The molecule has 1 aliphatic heterocycles. The molecule has 2 nitrogen and oxygen atoms in total. The maximum Gasteiger partial charge on any atom is 0.0766 e. The summed E-state index contributed by atoms with van der Waals surface area (Å²) >= 11 is 0. The third-order valence-corrected chi connectivity index (χ3v) is 2.19. The van der Waals surface area contributed by atoms with E-state index in [2.05, 4.69) is 29.6 Å². The second kappa shape index (κ2) is 4.40. The van der Waals surface area contributed by atoms with Crippen molar-refractivity contribution >= 4 is 0 Å². The van der Waals surface area contributed by atoms with Gasteiger partial charge in [-0.05, 0) is 12.0 Å². The Bertz CT molecular complexity index is 244. The molecule has 69 valence electrons. The molecule has 0 aliphatic carbocycles. The van der Waals surface area contributed by atoms with Gasteiger partial charge in [0, 0.05) is 13.2 Å². The van der Waals surface area contributed by atoms with Crippen LogP contribution in [0.25, 0.3) is 0 Å². The Morgan fingerprint density at radius 1 is 1.38 bits per heavy atom. The van der Waals surface area contributed by atoms with Gasteiger partial charge in [0.25, 0.3) is 0 Å². The fourth-order valence-corrected chi connectivity index (χ4v) is 1.29. The summed E-state index contributed by atoms with van der Waals surface area (Å²) in [5.41, 5.74) is 1.30. The van der Waals surface area contributed by atoms with Gasteiger partial charge in [0.05, 0.1) is 12.6 Å². The summed E-state index contributed by atoms with van der Waals surface area (Å²) in [5, 5.41) is 3.25. The summed E-state index contributed by atoms with van der Waals surface area (Å²) in [6.45, 7) is 3.84. The lowest BCUT2D eigenvalue weighted by molar-refractivity contribution is -0.0327. The standard InChI is InChI=1S/C11H14NO/c1-2-4-10(5-3-1)8-12-9-11-6-7-13-11/h1-5,9,11-12H,6-8H2. The predicted octanol–water partition coefficient (Wildman–Crippen LogP) is 1.73. The summed E-state index contributed by atoms with van der Waals surface area (Å²) in [6, 6.07) is 10.4. The molecule has 1 atom stereocenters. The van der Waals surface area contributed by atoms with Crippen molar-refractivity contribution in [2.45, 2.75) is 19.1 Å². The fourth-order valence-electron chi connectivity index (χ4n) is 1.29. The Morgan fingerprint density at radius 2 is 2.15 bits per heavy atom. The SMILES string of the molecule is [CH](NCc1ccccc1)C1CCO1. The van der Waals surface area contributed by atoms with Crippen LogP contribution < -0.4 is 5.32 Å². The molecule has 1 fully saturated rings. The van der Waals surface area contributed by atoms with Crippen LogP contribution in [0.15, 0.2) is 30.3 Å². The third-order valence-electron chi connectivity index (χ3n) is 2.19. The zero-order valence-electron chi connectivity index (χ0n) is 7.57. The predicted molar refractivity (Wildman–Crippen MR) is 51.9 cm³/mol. The average molecular weight is 176 g/mol. The van der Waals surface area contributed by atoms with E-state index < -0.39 is 0 Å². The van der Waals surface area contributed by atoms with Crippen molar-refractivity contribution in [1.82, 2.24) is 5.32 Å². The topological polar surface area (TPSA) is 21.3 Å². The van der Waals surface area contributed by atoms with Crippen LogP contribution in [0.3, 0.4) is 0 Å². The van der Waals surface area contributed by atoms with E-state index in [1.807, 2.05) is 12.6 Å². The van der Waals surface area contributed by atoms with E-state index in [0.717, 1.165) is 19.6 Å². The fraction of sp³-hybridized carbons (Fsp3) is 0.364. The summed E-state index contributed by atoms with van der Waals surface area (Å²) in [5.74, 6) is 0. The number of rotatable bonds is 4. The van der Waals surface area contributed by atoms with Crippen LogP contribution in [-0.2, 0) is 11.3 Å². The van der Waals surface area contributed by atoms with Crippen molar-refractivity contribution in [2.24, 2.45) is 0 Å². The first-order valence-electron chi connectivity index (χ1n) is 4.67. The zero-order valence-corrected chi connectivity index (χ0v) is 7.57. The molecule has 13 heavy (non-hydrogen) atoms. The quantitative estimate of drug-likeness (QED) is 0.754. The van der Waals surface area contributed by atoms with Gasteiger partial charge in [-0.15, -0.1) is 0 Å². The van der Waals surface area contributed by atoms with Gasteiger partial charge in [0.15, 0.2) is 0 Å². The first-order valence-corrected chi connectivity index (χ1v) is 4.67. The van der Waals surface area contributed by atoms with Gasteiger partial charge >= 0.3 is 0 Å². The number of hydrogen-bond donors (Lipinski definition) is 1. The first-order chi connectivity index (χ1) is 6.45. The van der Waals surface area contributed by atoms with Crippen molar-refractivity contribution in [1.29, 1.82) is 0 Å². The van der Waals surface area contributed by atoms with Crippen molar-refractivity contribution < 1.29 is 4.74 Å². The smallest absolute Gasteiger partial charge is 0.0766 e. The van der Waals surface area contributed by atoms with Gasteiger partial charge < -0.3 is 10.1 Å². The average Bonchev–Trinajstić information content (AvgIpc) is 2.11. The molecule has 1 aromatic rings. The molecule has 0 spiro atoms. The highest BCUT2D eigenvalue weighted by Crippen LogP contribution is 2.12. The van der Waals surface area contributed by atoms with E-state index in [4.69, 9.17) is 4.74 Å². The van der Waals surface area contributed by atoms with Gasteiger partial charge in [0.2, 0.25) is 0 Å². The van der Waals surface area contributed by atoms with Crippen LogP contribution in [0, 0.1) is 6.54 Å². The van der Waals surface area contributed by atoms with Gasteiger partial charge in [-0.1, -0.05) is 30.3 Å². The van der Waals surface area contributed by atoms with E-state index in [-0.39, 0.29) is 0 Å². The van der Waals surface area contributed by atoms with Crippen molar-refractivity contribution in [3.63, 3.8) is 0 Å². The van der Waals surface area contributed by atoms with Crippen LogP contribution in [-0.4, -0.2) is 12.7 Å². The Labute approximate surface area is 78.9 Å². The lowest BCUT2D eigenvalue weighted by Crippen LogP contribution is -2.32. The van der Waals surface area contributed by atoms with E-state index >= 15 is 0 Å². The Morgan fingerprint density at radius 3 is 2.77 bits per heavy atom. The minimum atomic E-state index is 0.337. The van der Waals surface area contributed by atoms with Crippen LogP contribution in [0.2, 0.25) is 0 Å². The monoisotopic (exact) mass is 176 g/mol. The second-order valence-corrected chi connectivity index (χ2v) is 3.23. The number of benzene rings is 1. The first kappa shape index (κ1) is 8.73. The molecule has 1 N–H and O–H groups in total. The van der Waals surface area contributed by atoms with E-state index in [0.29, 0.717) is 6.10 Å². The maximum absolute atomic E-state index is 5.25. The molecule has 1 heterocycles. The third kappa shape index (κ3) is 2.54. The molecule has 0 amide bonds. The molecule has 2 heteroatoms. The molecule has 0 bridgehead atoms. The van der Waals surface area contributed by atoms with Crippen LogP contribution in [0.5, 0.6) is 0 Å². The molecule has 1 aliphatic rings. The summed E-state index contributed by atoms with van der Waals surface area (Å²) in [7, 11) is 0. The lowest BCUT2D eigenvalue weighted by Gasteiger charge is -2.26. The van der Waals surface area contributed by atoms with E-state index in [9.17, 15) is 0 Å². The molecule has 1 unspecified atom stereocenters. The van der Waals surface area contributed by atoms with E-state index in [1.165, 1.54) is 5.56 Å². The van der Waals surface area contributed by atoms with Gasteiger partial charge in [0.1, 0.15) is 0 Å². The van der Waals surface area contributed by atoms with Crippen LogP contribution in [0.4, 0.5) is 0 Å².